The number of amides is 1. The molecule has 1 atom stereocenters. The maximum Gasteiger partial charge on any atom is 0.229 e. The van der Waals surface area contributed by atoms with Crippen molar-refractivity contribution in [3.8, 4) is 0 Å². The Balaban J connectivity index is 1.12. The lowest BCUT2D eigenvalue weighted by atomic mass is 9.80. The van der Waals surface area contributed by atoms with Crippen molar-refractivity contribution in [3.63, 3.8) is 0 Å². The van der Waals surface area contributed by atoms with Crippen LogP contribution in [0.25, 0.3) is 10.8 Å². The molecule has 1 amide bonds. The molecule has 7 heteroatoms. The van der Waals surface area contributed by atoms with Crippen LogP contribution in [-0.2, 0) is 14.3 Å². The Kier molecular flexibility index (Phi) is 6.05. The Morgan fingerprint density at radius 2 is 1.91 bits per heavy atom. The highest BCUT2D eigenvalue weighted by Crippen LogP contribution is 2.59. The number of pyridine rings is 1. The van der Waals surface area contributed by atoms with Crippen LogP contribution < -0.4 is 5.32 Å². The van der Waals surface area contributed by atoms with Crippen LogP contribution >= 0.6 is 11.6 Å². The standard InChI is InChI=1S/C27H34ClN3O3/c1-33-21-15-31(16-21)20-4-2-17(3-5-20)22-10-18-12-25(29-14-19(18)11-24(22)28)30-26(32)23-13-27(23)6-8-34-9-7-27/h10-12,14,17,20-21,23H,2-9,13,15-16H2,1H3,(H,29,30,32)/t17?,20?,23-/m0/s1. The molecule has 2 aliphatic carbocycles. The minimum Gasteiger partial charge on any atom is -0.381 e. The number of likely N-dealkylation sites (tertiary alicyclic amines) is 1. The molecule has 0 unspecified atom stereocenters. The van der Waals surface area contributed by atoms with Gasteiger partial charge in [0.25, 0.3) is 0 Å². The van der Waals surface area contributed by atoms with Gasteiger partial charge in [-0.05, 0) is 85.4 Å². The zero-order valence-electron chi connectivity index (χ0n) is 19.9. The molecule has 0 radical (unpaired) electrons. The molecular formula is C27H34ClN3O3. The van der Waals surface area contributed by atoms with Crippen molar-refractivity contribution in [3.05, 3.63) is 35.0 Å². The number of halogens is 1. The van der Waals surface area contributed by atoms with E-state index >= 15 is 0 Å². The van der Waals surface area contributed by atoms with Gasteiger partial charge in [-0.2, -0.15) is 0 Å². The van der Waals surface area contributed by atoms with Crippen molar-refractivity contribution in [1.29, 1.82) is 0 Å². The van der Waals surface area contributed by atoms with Crippen molar-refractivity contribution in [2.24, 2.45) is 11.3 Å². The predicted octanol–water partition coefficient (Wildman–Crippen LogP) is 5.00. The van der Waals surface area contributed by atoms with E-state index in [2.05, 4.69) is 21.3 Å². The number of hydrogen-bond donors (Lipinski definition) is 1. The molecule has 2 aromatic rings. The van der Waals surface area contributed by atoms with E-state index in [0.717, 1.165) is 74.2 Å². The number of nitrogens with one attached hydrogen (secondary N) is 1. The monoisotopic (exact) mass is 483 g/mol. The van der Waals surface area contributed by atoms with Crippen molar-refractivity contribution in [1.82, 2.24) is 9.88 Å². The van der Waals surface area contributed by atoms with Crippen LogP contribution in [0.2, 0.25) is 5.02 Å². The smallest absolute Gasteiger partial charge is 0.229 e. The first kappa shape index (κ1) is 22.7. The van der Waals surface area contributed by atoms with E-state index in [1.807, 2.05) is 25.4 Å². The number of rotatable bonds is 5. The summed E-state index contributed by atoms with van der Waals surface area (Å²) in [6.07, 6.45) is 9.93. The predicted molar refractivity (Wildman–Crippen MR) is 133 cm³/mol. The Bertz CT molecular complexity index is 1070. The number of anilines is 1. The Hall–Kier alpha value is -1.73. The molecule has 2 saturated heterocycles. The second-order valence-corrected chi connectivity index (χ2v) is 11.2. The number of methoxy groups -OCH3 is 1. The van der Waals surface area contributed by atoms with Crippen LogP contribution in [0.15, 0.2) is 24.4 Å². The summed E-state index contributed by atoms with van der Waals surface area (Å²) in [6.45, 7) is 3.68. The number of carbonyl (C=O) groups excluding carboxylic acids is 1. The van der Waals surface area contributed by atoms with E-state index in [1.54, 1.807) is 0 Å². The van der Waals surface area contributed by atoms with Gasteiger partial charge in [0.2, 0.25) is 5.91 Å². The molecular weight excluding hydrogens is 450 g/mol. The van der Waals surface area contributed by atoms with Gasteiger partial charge in [-0.15, -0.1) is 0 Å². The average Bonchev–Trinajstić information content (AvgIpc) is 3.52. The summed E-state index contributed by atoms with van der Waals surface area (Å²) in [5.74, 6) is 1.31. The van der Waals surface area contributed by atoms with Crippen molar-refractivity contribution in [2.45, 2.75) is 63.0 Å². The van der Waals surface area contributed by atoms with Gasteiger partial charge in [0.1, 0.15) is 5.82 Å². The minimum atomic E-state index is 0.0930. The van der Waals surface area contributed by atoms with Gasteiger partial charge in [0.05, 0.1) is 6.10 Å². The third-order valence-electron chi connectivity index (χ3n) is 8.95. The summed E-state index contributed by atoms with van der Waals surface area (Å²) < 4.78 is 10.9. The molecule has 34 heavy (non-hydrogen) atoms. The fourth-order valence-electron chi connectivity index (χ4n) is 6.50. The lowest BCUT2D eigenvalue weighted by Gasteiger charge is -2.46. The topological polar surface area (TPSA) is 63.7 Å². The van der Waals surface area contributed by atoms with Crippen LogP contribution in [0.1, 0.15) is 56.4 Å². The lowest BCUT2D eigenvalue weighted by molar-refractivity contribution is -0.118. The molecule has 3 heterocycles. The van der Waals surface area contributed by atoms with Crippen LogP contribution in [0.5, 0.6) is 0 Å². The molecule has 6 nitrogen and oxygen atoms in total. The van der Waals surface area contributed by atoms with Gasteiger partial charge in [-0.3, -0.25) is 9.69 Å². The molecule has 6 rings (SSSR count). The zero-order chi connectivity index (χ0) is 23.3. The molecule has 2 aliphatic heterocycles. The molecule has 4 aliphatic rings. The van der Waals surface area contributed by atoms with E-state index in [9.17, 15) is 4.79 Å². The summed E-state index contributed by atoms with van der Waals surface area (Å²) in [6, 6.07) is 6.94. The van der Waals surface area contributed by atoms with E-state index in [4.69, 9.17) is 21.1 Å². The van der Waals surface area contributed by atoms with Gasteiger partial charge in [0, 0.05) is 62.0 Å². The number of hydrogen-bond acceptors (Lipinski definition) is 5. The Morgan fingerprint density at radius 1 is 1.15 bits per heavy atom. The normalized spacial score (nSPS) is 29.2. The minimum absolute atomic E-state index is 0.0930. The maximum atomic E-state index is 12.9. The average molecular weight is 484 g/mol. The van der Waals surface area contributed by atoms with Crippen LogP contribution in [0, 0.1) is 11.3 Å². The summed E-state index contributed by atoms with van der Waals surface area (Å²) in [5.41, 5.74) is 1.40. The molecule has 182 valence electrons. The van der Waals surface area contributed by atoms with E-state index in [1.165, 1.54) is 18.4 Å². The summed E-state index contributed by atoms with van der Waals surface area (Å²) in [7, 11) is 1.81. The zero-order valence-corrected chi connectivity index (χ0v) is 20.7. The molecule has 1 aromatic heterocycles. The van der Waals surface area contributed by atoms with Crippen molar-refractivity contribution >= 4 is 34.1 Å². The maximum absolute atomic E-state index is 12.9. The largest absolute Gasteiger partial charge is 0.381 e. The molecule has 0 bridgehead atoms. The Morgan fingerprint density at radius 3 is 2.65 bits per heavy atom. The second-order valence-electron chi connectivity index (χ2n) is 10.8. The van der Waals surface area contributed by atoms with Gasteiger partial charge < -0.3 is 14.8 Å². The lowest BCUT2D eigenvalue weighted by Crippen LogP contribution is -2.56. The molecule has 1 spiro atoms. The summed E-state index contributed by atoms with van der Waals surface area (Å²) in [4.78, 5) is 20.0. The van der Waals surface area contributed by atoms with Gasteiger partial charge >= 0.3 is 0 Å². The highest BCUT2D eigenvalue weighted by Gasteiger charge is 2.58. The molecule has 1 N–H and O–H groups in total. The van der Waals surface area contributed by atoms with Gasteiger partial charge in [0.15, 0.2) is 0 Å². The third-order valence-corrected chi connectivity index (χ3v) is 9.27. The fraction of sp³-hybridized carbons (Fsp3) is 0.630. The number of carbonyl (C=O) groups is 1. The SMILES string of the molecule is COC1CN(C2CCC(c3cc4cc(NC(=O)[C@@H]5CC56CCOCC6)ncc4cc3Cl)CC2)C1. The second kappa shape index (κ2) is 9.05. The quantitative estimate of drug-likeness (QED) is 0.648. The van der Waals surface area contributed by atoms with E-state index in [-0.39, 0.29) is 17.2 Å². The summed E-state index contributed by atoms with van der Waals surface area (Å²) in [5, 5.41) is 6.02. The number of ether oxygens (including phenoxy) is 2. The first-order chi connectivity index (χ1) is 16.5. The Labute approximate surface area is 206 Å². The van der Waals surface area contributed by atoms with E-state index in [0.29, 0.717) is 23.9 Å². The highest BCUT2D eigenvalue weighted by molar-refractivity contribution is 6.32. The van der Waals surface area contributed by atoms with Gasteiger partial charge in [-0.1, -0.05) is 11.6 Å². The number of fused-ring (bicyclic) bond motifs is 1. The summed E-state index contributed by atoms with van der Waals surface area (Å²) >= 11 is 6.73. The first-order valence-electron chi connectivity index (χ1n) is 12.8. The van der Waals surface area contributed by atoms with Crippen molar-refractivity contribution in [2.75, 3.05) is 38.7 Å². The van der Waals surface area contributed by atoms with Crippen LogP contribution in [0.3, 0.4) is 0 Å². The molecule has 2 saturated carbocycles. The van der Waals surface area contributed by atoms with Crippen LogP contribution in [0.4, 0.5) is 5.82 Å². The highest BCUT2D eigenvalue weighted by atomic mass is 35.5. The molecule has 1 aromatic carbocycles. The van der Waals surface area contributed by atoms with Gasteiger partial charge in [-0.25, -0.2) is 4.98 Å². The fourth-order valence-corrected chi connectivity index (χ4v) is 6.82. The number of nitrogens with zero attached hydrogens (tertiary/aromatic N) is 2. The first-order valence-corrected chi connectivity index (χ1v) is 13.2. The third kappa shape index (κ3) is 4.23. The number of benzene rings is 1. The van der Waals surface area contributed by atoms with E-state index < -0.39 is 0 Å². The molecule has 4 fully saturated rings. The van der Waals surface area contributed by atoms with Crippen LogP contribution in [-0.4, -0.2) is 61.3 Å². The van der Waals surface area contributed by atoms with Crippen molar-refractivity contribution < 1.29 is 14.3 Å². The number of aromatic nitrogens is 1.